The van der Waals surface area contributed by atoms with Gasteiger partial charge in [-0.05, 0) is 31.5 Å². The molecule has 1 aliphatic heterocycles. The number of anilines is 1. The minimum Gasteiger partial charge on any atom is -0.477 e. The van der Waals surface area contributed by atoms with E-state index in [2.05, 4.69) is 11.8 Å². The number of fused-ring (bicyclic) bond motifs is 1. The van der Waals surface area contributed by atoms with Gasteiger partial charge in [-0.1, -0.05) is 6.92 Å². The van der Waals surface area contributed by atoms with Crippen LogP contribution in [0.5, 0.6) is 0 Å². The molecule has 1 aromatic heterocycles. The first-order chi connectivity index (χ1) is 14.5. The summed E-state index contributed by atoms with van der Waals surface area (Å²) in [5, 5.41) is 9.45. The van der Waals surface area contributed by atoms with E-state index in [4.69, 9.17) is 4.55 Å². The average Bonchev–Trinajstić information content (AvgIpc) is 3.52. The third-order valence-electron chi connectivity index (χ3n) is 5.43. The van der Waals surface area contributed by atoms with Gasteiger partial charge in [0, 0.05) is 43.8 Å². The summed E-state index contributed by atoms with van der Waals surface area (Å²) in [5.41, 5.74) is 0.195. The molecule has 1 aliphatic carbocycles. The van der Waals surface area contributed by atoms with E-state index in [9.17, 15) is 27.5 Å². The molecule has 170 valence electrons. The lowest BCUT2D eigenvalue weighted by atomic mass is 10.1. The van der Waals surface area contributed by atoms with Gasteiger partial charge in [0.2, 0.25) is 5.43 Å². The lowest BCUT2D eigenvalue weighted by Gasteiger charge is -2.35. The van der Waals surface area contributed by atoms with Crippen molar-refractivity contribution in [2.24, 2.45) is 0 Å². The third-order valence-corrected chi connectivity index (χ3v) is 5.43. The molecule has 2 fully saturated rings. The number of likely N-dealkylation sites (N-methyl/N-ethyl adjacent to an activating group) is 1. The van der Waals surface area contributed by atoms with Crippen LogP contribution < -0.4 is 10.3 Å². The fourth-order valence-corrected chi connectivity index (χ4v) is 3.71. The highest BCUT2D eigenvalue weighted by Crippen LogP contribution is 2.38. The number of benzene rings is 1. The van der Waals surface area contributed by atoms with Crippen molar-refractivity contribution in [3.8, 4) is 0 Å². The monoisotopic (exact) mass is 455 g/mol. The first-order valence-electron chi connectivity index (χ1n) is 10.0. The van der Waals surface area contributed by atoms with Gasteiger partial charge >= 0.3 is 5.97 Å². The van der Waals surface area contributed by atoms with Crippen LogP contribution in [0.15, 0.2) is 23.1 Å². The molecule has 0 amide bonds. The second kappa shape index (κ2) is 8.93. The van der Waals surface area contributed by atoms with Crippen LogP contribution in [0.25, 0.3) is 10.9 Å². The molecule has 11 heteroatoms. The Morgan fingerprint density at radius 1 is 1.19 bits per heavy atom. The smallest absolute Gasteiger partial charge is 0.341 e. The number of carboxylic acid groups (broad SMARTS) is 1. The molecule has 31 heavy (non-hydrogen) atoms. The minimum absolute atomic E-state index is 0.144. The molecule has 1 aromatic carbocycles. The average molecular weight is 456 g/mol. The number of piperazine rings is 1. The molecule has 4 rings (SSSR count). The summed E-state index contributed by atoms with van der Waals surface area (Å²) >= 11 is 0. The molecule has 0 unspecified atom stereocenters. The largest absolute Gasteiger partial charge is 0.477 e. The summed E-state index contributed by atoms with van der Waals surface area (Å²) in [6.07, 6.45) is 4.02. The van der Waals surface area contributed by atoms with Crippen molar-refractivity contribution < 1.29 is 27.3 Å². The Morgan fingerprint density at radius 2 is 1.77 bits per heavy atom. The Morgan fingerprint density at radius 3 is 2.26 bits per heavy atom. The van der Waals surface area contributed by atoms with Crippen molar-refractivity contribution >= 4 is 32.7 Å². The number of nitrogens with zero attached hydrogens (tertiary/aromatic N) is 3. The fourth-order valence-electron chi connectivity index (χ4n) is 3.71. The van der Waals surface area contributed by atoms with E-state index >= 15 is 0 Å². The molecule has 0 bridgehead atoms. The number of hydrogen-bond acceptors (Lipinski definition) is 6. The molecule has 1 saturated heterocycles. The number of halogens is 1. The number of aromatic nitrogens is 1. The van der Waals surface area contributed by atoms with Crippen LogP contribution >= 0.6 is 0 Å². The van der Waals surface area contributed by atoms with Gasteiger partial charge in [-0.3, -0.25) is 9.35 Å². The van der Waals surface area contributed by atoms with Gasteiger partial charge in [0.25, 0.3) is 10.1 Å². The summed E-state index contributed by atoms with van der Waals surface area (Å²) < 4.78 is 42.5. The highest BCUT2D eigenvalue weighted by molar-refractivity contribution is 7.85. The summed E-state index contributed by atoms with van der Waals surface area (Å²) in [5.74, 6) is -1.74. The minimum atomic E-state index is -3.67. The van der Waals surface area contributed by atoms with E-state index in [1.165, 1.54) is 12.3 Å². The fraction of sp³-hybridized carbons (Fsp3) is 0.500. The van der Waals surface area contributed by atoms with Gasteiger partial charge in [0.15, 0.2) is 0 Å². The number of rotatable bonds is 4. The van der Waals surface area contributed by atoms with Crippen LogP contribution in [0, 0.1) is 5.82 Å². The van der Waals surface area contributed by atoms with E-state index in [1.807, 2.05) is 9.47 Å². The Labute approximate surface area is 179 Å². The molecule has 0 radical (unpaired) electrons. The zero-order valence-corrected chi connectivity index (χ0v) is 18.2. The SMILES string of the molecule is CCN1CCN(c2cc3c(cc2F)c(=O)c(C(=O)O)cn3C2CC2)CC1.CS(=O)(=O)O. The standard InChI is InChI=1S/C19H22FN3O3.CH4O3S/c1-2-21-5-7-22(8-6-21)17-10-16-13(9-15(17)20)18(24)14(19(25)26)11-23(16)12-3-4-12;1-5(2,3)4/h9-12H,2-8H2,1H3,(H,25,26);1H3,(H,2,3,4). The number of carbonyl (C=O) groups is 1. The third kappa shape index (κ3) is 5.60. The molecule has 0 spiro atoms. The highest BCUT2D eigenvalue weighted by Gasteiger charge is 2.28. The van der Waals surface area contributed by atoms with Gasteiger partial charge in [0.1, 0.15) is 11.4 Å². The van der Waals surface area contributed by atoms with Crippen molar-refractivity contribution in [3.05, 3.63) is 39.9 Å². The van der Waals surface area contributed by atoms with Crippen molar-refractivity contribution in [1.29, 1.82) is 0 Å². The van der Waals surface area contributed by atoms with Crippen molar-refractivity contribution in [1.82, 2.24) is 9.47 Å². The van der Waals surface area contributed by atoms with Crippen LogP contribution in [0.1, 0.15) is 36.2 Å². The molecular formula is C20H26FN3O6S. The van der Waals surface area contributed by atoms with Crippen LogP contribution in [0.3, 0.4) is 0 Å². The van der Waals surface area contributed by atoms with Crippen molar-refractivity contribution in [2.45, 2.75) is 25.8 Å². The van der Waals surface area contributed by atoms with Gasteiger partial charge in [-0.25, -0.2) is 9.18 Å². The van der Waals surface area contributed by atoms with Crippen LogP contribution in [-0.4, -0.2) is 72.5 Å². The van der Waals surface area contributed by atoms with Crippen LogP contribution in [-0.2, 0) is 10.1 Å². The normalized spacial score (nSPS) is 17.4. The molecular weight excluding hydrogens is 429 g/mol. The van der Waals surface area contributed by atoms with E-state index in [0.717, 1.165) is 45.6 Å². The Kier molecular flexibility index (Phi) is 6.68. The van der Waals surface area contributed by atoms with Crippen molar-refractivity contribution in [2.75, 3.05) is 43.9 Å². The lowest BCUT2D eigenvalue weighted by Crippen LogP contribution is -2.46. The summed E-state index contributed by atoms with van der Waals surface area (Å²) in [6, 6.07) is 3.12. The number of hydrogen-bond donors (Lipinski definition) is 2. The zero-order chi connectivity index (χ0) is 22.9. The number of carboxylic acids is 1. The summed E-state index contributed by atoms with van der Waals surface area (Å²) in [4.78, 5) is 28.2. The second-order valence-corrected chi connectivity index (χ2v) is 9.26. The maximum absolute atomic E-state index is 14.8. The quantitative estimate of drug-likeness (QED) is 0.670. The molecule has 2 N–H and O–H groups in total. The van der Waals surface area contributed by atoms with Gasteiger partial charge in [0.05, 0.1) is 17.5 Å². The molecule has 0 atom stereocenters. The predicted molar refractivity (Wildman–Crippen MR) is 115 cm³/mol. The highest BCUT2D eigenvalue weighted by atomic mass is 32.2. The van der Waals surface area contributed by atoms with E-state index in [-0.39, 0.29) is 17.0 Å². The van der Waals surface area contributed by atoms with Crippen molar-refractivity contribution in [3.63, 3.8) is 0 Å². The van der Waals surface area contributed by atoms with Gasteiger partial charge in [-0.15, -0.1) is 0 Å². The summed E-state index contributed by atoms with van der Waals surface area (Å²) in [7, 11) is -3.67. The first-order valence-corrected chi connectivity index (χ1v) is 11.9. The lowest BCUT2D eigenvalue weighted by molar-refractivity contribution is 0.0694. The van der Waals surface area contributed by atoms with Gasteiger partial charge < -0.3 is 19.5 Å². The maximum atomic E-state index is 14.8. The van der Waals surface area contributed by atoms with E-state index in [0.29, 0.717) is 17.5 Å². The van der Waals surface area contributed by atoms with E-state index < -0.39 is 27.3 Å². The topological polar surface area (TPSA) is 120 Å². The van der Waals surface area contributed by atoms with E-state index in [1.54, 1.807) is 6.07 Å². The second-order valence-electron chi connectivity index (χ2n) is 7.79. The van der Waals surface area contributed by atoms with Gasteiger partial charge in [-0.2, -0.15) is 8.42 Å². The molecule has 2 heterocycles. The molecule has 1 saturated carbocycles. The molecule has 2 aliphatic rings. The zero-order valence-electron chi connectivity index (χ0n) is 17.4. The number of aromatic carboxylic acids is 1. The van der Waals surface area contributed by atoms with Crippen LogP contribution in [0.2, 0.25) is 0 Å². The predicted octanol–water partition coefficient (Wildman–Crippen LogP) is 1.82. The molecule has 9 nitrogen and oxygen atoms in total. The van der Waals surface area contributed by atoms with Crippen LogP contribution in [0.4, 0.5) is 10.1 Å². The first kappa shape index (κ1) is 23.2. The molecule has 2 aromatic rings. The summed E-state index contributed by atoms with van der Waals surface area (Å²) in [6.45, 7) is 6.31. The Hall–Kier alpha value is -2.50. The Bertz CT molecular complexity index is 1140. The maximum Gasteiger partial charge on any atom is 0.341 e. The number of pyridine rings is 1. The Balaban J connectivity index is 0.000000491.